The first kappa shape index (κ1) is 24.2. The minimum absolute atomic E-state index is 0.154. The van der Waals surface area contributed by atoms with Crippen molar-refractivity contribution in [2.24, 2.45) is 0 Å². The highest BCUT2D eigenvalue weighted by molar-refractivity contribution is 5.84. The lowest BCUT2D eigenvalue weighted by Gasteiger charge is -2.20. The van der Waals surface area contributed by atoms with E-state index in [2.05, 4.69) is 35.9 Å². The molecule has 37 heavy (non-hydrogen) atoms. The molecule has 5 rings (SSSR count). The van der Waals surface area contributed by atoms with Crippen molar-refractivity contribution in [1.29, 1.82) is 0 Å². The first-order chi connectivity index (χ1) is 17.7. The Hall–Kier alpha value is -4.47. The number of aromatic nitrogens is 6. The monoisotopic (exact) mass is 499 g/mol. The molecule has 2 N–H and O–H groups in total. The van der Waals surface area contributed by atoms with E-state index in [4.69, 9.17) is 4.42 Å². The van der Waals surface area contributed by atoms with Crippen LogP contribution in [0.15, 0.2) is 51.7 Å². The molecule has 0 radical (unpaired) electrons. The van der Waals surface area contributed by atoms with Crippen LogP contribution in [0.4, 0.5) is 10.1 Å². The van der Waals surface area contributed by atoms with Crippen molar-refractivity contribution in [3.8, 4) is 23.0 Å². The van der Waals surface area contributed by atoms with E-state index in [0.717, 1.165) is 16.8 Å². The highest BCUT2D eigenvalue weighted by Gasteiger charge is 2.21. The number of hydrogen-bond acceptors (Lipinski definition) is 8. The first-order valence-electron chi connectivity index (χ1n) is 11.9. The van der Waals surface area contributed by atoms with Gasteiger partial charge in [0, 0.05) is 16.8 Å². The van der Waals surface area contributed by atoms with E-state index in [-0.39, 0.29) is 17.2 Å². The Morgan fingerprint density at radius 1 is 1.05 bits per heavy atom. The number of benzene rings is 1. The molecule has 9 nitrogen and oxygen atoms in total. The molecular formula is C27H26FN7O2. The third kappa shape index (κ3) is 4.57. The molecule has 2 atom stereocenters. The number of aromatic amines is 1. The summed E-state index contributed by atoms with van der Waals surface area (Å²) in [6.45, 7) is 8.91. The van der Waals surface area contributed by atoms with Crippen LogP contribution < -0.4 is 10.7 Å². The zero-order valence-electron chi connectivity index (χ0n) is 21.1. The van der Waals surface area contributed by atoms with Crippen LogP contribution in [-0.2, 0) is 0 Å². The Kier molecular flexibility index (Phi) is 6.24. The predicted molar refractivity (Wildman–Crippen MR) is 139 cm³/mol. The third-order valence-electron chi connectivity index (χ3n) is 6.23. The number of pyridine rings is 2. The number of alkyl halides is 1. The first-order valence-corrected chi connectivity index (χ1v) is 11.9. The summed E-state index contributed by atoms with van der Waals surface area (Å²) in [5.74, 6) is 0.687. The second-order valence-corrected chi connectivity index (χ2v) is 9.13. The van der Waals surface area contributed by atoms with Gasteiger partial charge in [-0.25, -0.2) is 14.4 Å². The highest BCUT2D eigenvalue weighted by Crippen LogP contribution is 2.33. The zero-order chi connectivity index (χ0) is 26.3. The zero-order valence-corrected chi connectivity index (χ0v) is 21.1. The number of fused-ring (bicyclic) bond motifs is 1. The number of H-pyrrole nitrogens is 1. The van der Waals surface area contributed by atoms with Gasteiger partial charge in [-0.15, -0.1) is 10.2 Å². The highest BCUT2D eigenvalue weighted by atomic mass is 19.1. The number of nitrogens with zero attached hydrogens (tertiary/aromatic N) is 5. The van der Waals surface area contributed by atoms with Gasteiger partial charge in [-0.3, -0.25) is 4.79 Å². The third-order valence-corrected chi connectivity index (χ3v) is 6.23. The van der Waals surface area contributed by atoms with E-state index in [1.54, 1.807) is 25.1 Å². The van der Waals surface area contributed by atoms with Gasteiger partial charge in [0.1, 0.15) is 23.1 Å². The molecule has 0 aliphatic rings. The normalized spacial score (nSPS) is 13.0. The fraction of sp³-hybridized carbons (Fsp3) is 0.259. The van der Waals surface area contributed by atoms with E-state index < -0.39 is 6.17 Å². The number of rotatable bonds is 6. The second kappa shape index (κ2) is 9.53. The van der Waals surface area contributed by atoms with Crippen LogP contribution in [0, 0.1) is 20.8 Å². The summed E-state index contributed by atoms with van der Waals surface area (Å²) in [7, 11) is 0. The number of aryl methyl sites for hydroxylation is 2. The summed E-state index contributed by atoms with van der Waals surface area (Å²) in [6, 6.07) is 12.3. The molecule has 4 aromatic heterocycles. The van der Waals surface area contributed by atoms with Gasteiger partial charge in [0.2, 0.25) is 5.82 Å². The van der Waals surface area contributed by atoms with Crippen molar-refractivity contribution in [2.75, 3.05) is 5.32 Å². The summed E-state index contributed by atoms with van der Waals surface area (Å²) in [5.41, 5.74) is 5.16. The summed E-state index contributed by atoms with van der Waals surface area (Å²) in [6.07, 6.45) is -1.24. The lowest BCUT2D eigenvalue weighted by atomic mass is 9.99. The molecule has 5 aromatic rings. The van der Waals surface area contributed by atoms with Crippen LogP contribution in [0.1, 0.15) is 54.1 Å². The smallest absolute Gasteiger partial charge is 0.225 e. The van der Waals surface area contributed by atoms with Gasteiger partial charge in [0.05, 0.1) is 22.8 Å². The fourth-order valence-electron chi connectivity index (χ4n) is 4.35. The maximum Gasteiger partial charge on any atom is 0.225 e. The molecular weight excluding hydrogens is 473 g/mol. The molecule has 0 fully saturated rings. The Bertz CT molecular complexity index is 1660. The number of nitrogens with one attached hydrogen (secondary N) is 2. The maximum absolute atomic E-state index is 14.0. The van der Waals surface area contributed by atoms with E-state index >= 15 is 0 Å². The van der Waals surface area contributed by atoms with Gasteiger partial charge in [-0.1, -0.05) is 12.1 Å². The minimum Gasteiger partial charge on any atom is -0.454 e. The molecule has 0 saturated heterocycles. The summed E-state index contributed by atoms with van der Waals surface area (Å²) in [4.78, 5) is 22.4. The van der Waals surface area contributed by atoms with E-state index in [9.17, 15) is 9.18 Å². The lowest BCUT2D eigenvalue weighted by Crippen LogP contribution is -2.13. The maximum atomic E-state index is 14.0. The molecule has 0 aliphatic heterocycles. The van der Waals surface area contributed by atoms with Crippen molar-refractivity contribution >= 4 is 16.7 Å². The molecule has 0 amide bonds. The molecule has 1 aromatic carbocycles. The molecule has 10 heteroatoms. The van der Waals surface area contributed by atoms with Crippen LogP contribution in [-0.4, -0.2) is 30.6 Å². The molecule has 4 heterocycles. The summed E-state index contributed by atoms with van der Waals surface area (Å²) in [5, 5.41) is 18.2. The summed E-state index contributed by atoms with van der Waals surface area (Å²) >= 11 is 0. The van der Waals surface area contributed by atoms with Gasteiger partial charge in [-0.2, -0.15) is 5.21 Å². The van der Waals surface area contributed by atoms with Crippen LogP contribution in [0.2, 0.25) is 0 Å². The van der Waals surface area contributed by atoms with Gasteiger partial charge >= 0.3 is 0 Å². The predicted octanol–water partition coefficient (Wildman–Crippen LogP) is 5.56. The number of anilines is 1. The Balaban J connectivity index is 1.64. The van der Waals surface area contributed by atoms with Gasteiger partial charge in [0.15, 0.2) is 11.2 Å². The molecule has 0 aliphatic carbocycles. The minimum atomic E-state index is -1.24. The average molecular weight is 500 g/mol. The van der Waals surface area contributed by atoms with Gasteiger partial charge in [0.25, 0.3) is 0 Å². The van der Waals surface area contributed by atoms with Crippen LogP contribution in [0.3, 0.4) is 0 Å². The van der Waals surface area contributed by atoms with Gasteiger partial charge < -0.3 is 9.73 Å². The van der Waals surface area contributed by atoms with Crippen LogP contribution in [0.25, 0.3) is 33.9 Å². The van der Waals surface area contributed by atoms with E-state index in [1.165, 1.54) is 6.92 Å². The SMILES string of the molecule is Cc1cc([C@@H](C)Nc2ccc(C)nc2-c2nn[nH]n2)c2oc(-c3cccc(C(C)F)n3)c(C)c(=O)c2c1. The number of hydrogen-bond donors (Lipinski definition) is 2. The van der Waals surface area contributed by atoms with Crippen molar-refractivity contribution in [2.45, 2.75) is 46.8 Å². The van der Waals surface area contributed by atoms with E-state index in [0.29, 0.717) is 45.2 Å². The summed E-state index contributed by atoms with van der Waals surface area (Å²) < 4.78 is 20.3. The van der Waals surface area contributed by atoms with Crippen molar-refractivity contribution in [3.05, 3.63) is 80.8 Å². The number of halogens is 1. The molecule has 188 valence electrons. The quantitative estimate of drug-likeness (QED) is 0.311. The average Bonchev–Trinajstić information content (AvgIpc) is 3.42. The molecule has 0 bridgehead atoms. The Morgan fingerprint density at radius 2 is 1.86 bits per heavy atom. The Labute approximate surface area is 212 Å². The van der Waals surface area contributed by atoms with Crippen LogP contribution in [0.5, 0.6) is 0 Å². The van der Waals surface area contributed by atoms with E-state index in [1.807, 2.05) is 45.0 Å². The fourth-order valence-corrected chi connectivity index (χ4v) is 4.35. The lowest BCUT2D eigenvalue weighted by molar-refractivity contribution is 0.366. The Morgan fingerprint density at radius 3 is 2.59 bits per heavy atom. The molecule has 0 spiro atoms. The van der Waals surface area contributed by atoms with Crippen molar-refractivity contribution in [1.82, 2.24) is 30.6 Å². The molecule has 1 unspecified atom stereocenters. The standard InChI is InChI=1S/C27H26FN7O2/c1-13-11-18(17(5)30-21-10-9-14(2)29-23(21)27-32-34-35-33-27)26-19(12-13)24(36)15(3)25(37-26)22-8-6-7-20(31-22)16(4)28/h6-12,16-17,30H,1-5H3,(H,32,33,34,35)/t16?,17-/m1/s1. The van der Waals surface area contributed by atoms with Crippen molar-refractivity contribution in [3.63, 3.8) is 0 Å². The topological polar surface area (TPSA) is 122 Å². The number of tetrazole rings is 1. The van der Waals surface area contributed by atoms with Crippen molar-refractivity contribution < 1.29 is 8.81 Å². The molecule has 0 saturated carbocycles. The van der Waals surface area contributed by atoms with Crippen LogP contribution >= 0.6 is 0 Å². The largest absolute Gasteiger partial charge is 0.454 e. The van der Waals surface area contributed by atoms with Gasteiger partial charge in [-0.05, 0) is 75.7 Å². The second-order valence-electron chi connectivity index (χ2n) is 9.13.